The summed E-state index contributed by atoms with van der Waals surface area (Å²) in [6.07, 6.45) is 9.14. The van der Waals surface area contributed by atoms with E-state index in [0.717, 1.165) is 56.7 Å². The van der Waals surface area contributed by atoms with Gasteiger partial charge in [0, 0.05) is 38.3 Å². The summed E-state index contributed by atoms with van der Waals surface area (Å²) in [6.45, 7) is 5.06. The molecule has 3 aliphatic rings. The van der Waals surface area contributed by atoms with Crippen molar-refractivity contribution < 1.29 is 14.4 Å². The SMILES string of the molecule is CC1CCCCN1c1c(N2CCCCC2)ccnc1C(=O)N[C@@H]1CCC(=O)NC1=O. The average Bonchev–Trinajstić information content (AvgIpc) is 2.76. The summed E-state index contributed by atoms with van der Waals surface area (Å²) in [5.41, 5.74) is 2.32. The number of pyridine rings is 1. The molecule has 0 saturated carbocycles. The van der Waals surface area contributed by atoms with Gasteiger partial charge < -0.3 is 15.1 Å². The molecule has 3 saturated heterocycles. The first kappa shape index (κ1) is 20.6. The van der Waals surface area contributed by atoms with Crippen LogP contribution >= 0.6 is 0 Å². The number of piperidine rings is 3. The smallest absolute Gasteiger partial charge is 0.272 e. The van der Waals surface area contributed by atoms with Gasteiger partial charge in [0.1, 0.15) is 6.04 Å². The lowest BCUT2D eigenvalue weighted by Crippen LogP contribution is -2.52. The van der Waals surface area contributed by atoms with Crippen LogP contribution in [0.2, 0.25) is 0 Å². The molecular weight excluding hydrogens is 382 g/mol. The zero-order chi connectivity index (χ0) is 21.1. The molecule has 3 aliphatic heterocycles. The van der Waals surface area contributed by atoms with Gasteiger partial charge in [-0.05, 0) is 57.9 Å². The lowest BCUT2D eigenvalue weighted by molar-refractivity contribution is -0.134. The van der Waals surface area contributed by atoms with Gasteiger partial charge in [0.05, 0.1) is 11.4 Å². The maximum absolute atomic E-state index is 13.3. The number of nitrogens with zero attached hydrogens (tertiary/aromatic N) is 3. The Morgan fingerprint density at radius 1 is 1.10 bits per heavy atom. The molecule has 1 aromatic rings. The van der Waals surface area contributed by atoms with Gasteiger partial charge in [-0.1, -0.05) is 0 Å². The van der Waals surface area contributed by atoms with Crippen molar-refractivity contribution >= 4 is 29.1 Å². The first-order valence-electron chi connectivity index (χ1n) is 11.2. The number of carbonyl (C=O) groups excluding carboxylic acids is 3. The molecule has 162 valence electrons. The van der Waals surface area contributed by atoms with Gasteiger partial charge in [-0.2, -0.15) is 0 Å². The number of hydrogen-bond donors (Lipinski definition) is 2. The topological polar surface area (TPSA) is 94.6 Å². The second-order valence-electron chi connectivity index (χ2n) is 8.59. The second-order valence-corrected chi connectivity index (χ2v) is 8.59. The van der Waals surface area contributed by atoms with E-state index in [1.807, 2.05) is 6.07 Å². The highest BCUT2D eigenvalue weighted by molar-refractivity contribution is 6.06. The van der Waals surface area contributed by atoms with Crippen molar-refractivity contribution in [3.63, 3.8) is 0 Å². The number of imide groups is 1. The lowest BCUT2D eigenvalue weighted by Gasteiger charge is -2.40. The number of carbonyl (C=O) groups is 3. The third-order valence-corrected chi connectivity index (χ3v) is 6.45. The molecule has 0 aliphatic carbocycles. The fraction of sp³-hybridized carbons (Fsp3) is 0.636. The number of hydrogen-bond acceptors (Lipinski definition) is 6. The van der Waals surface area contributed by atoms with Crippen molar-refractivity contribution in [3.05, 3.63) is 18.0 Å². The van der Waals surface area contributed by atoms with Gasteiger partial charge in [0.15, 0.2) is 5.69 Å². The highest BCUT2D eigenvalue weighted by Crippen LogP contribution is 2.37. The summed E-state index contributed by atoms with van der Waals surface area (Å²) < 4.78 is 0. The fourth-order valence-corrected chi connectivity index (χ4v) is 4.77. The predicted octanol–water partition coefficient (Wildman–Crippen LogP) is 1.99. The number of aromatic nitrogens is 1. The number of rotatable bonds is 4. The molecule has 4 heterocycles. The second kappa shape index (κ2) is 9.02. The normalized spacial score (nSPS) is 25.1. The van der Waals surface area contributed by atoms with E-state index in [4.69, 9.17) is 0 Å². The Bertz CT molecular complexity index is 821. The van der Waals surface area contributed by atoms with Crippen LogP contribution < -0.4 is 20.4 Å². The van der Waals surface area contributed by atoms with E-state index >= 15 is 0 Å². The molecule has 1 aromatic heterocycles. The fourth-order valence-electron chi connectivity index (χ4n) is 4.77. The van der Waals surface area contributed by atoms with Crippen LogP contribution in [0.3, 0.4) is 0 Å². The molecule has 2 N–H and O–H groups in total. The van der Waals surface area contributed by atoms with E-state index in [1.54, 1.807) is 6.20 Å². The number of anilines is 2. The van der Waals surface area contributed by atoms with Crippen molar-refractivity contribution in [1.82, 2.24) is 15.6 Å². The Morgan fingerprint density at radius 3 is 2.60 bits per heavy atom. The van der Waals surface area contributed by atoms with Gasteiger partial charge in [0.25, 0.3) is 5.91 Å². The number of nitrogens with one attached hydrogen (secondary N) is 2. The van der Waals surface area contributed by atoms with E-state index in [0.29, 0.717) is 18.2 Å². The number of amides is 3. The van der Waals surface area contributed by atoms with Crippen LogP contribution in [0, 0.1) is 0 Å². The summed E-state index contributed by atoms with van der Waals surface area (Å²) in [4.78, 5) is 46.0. The van der Waals surface area contributed by atoms with Crippen LogP contribution in [0.1, 0.15) is 68.8 Å². The van der Waals surface area contributed by atoms with Crippen molar-refractivity contribution in [2.45, 2.75) is 70.4 Å². The molecule has 0 aromatic carbocycles. The molecule has 8 heteroatoms. The van der Waals surface area contributed by atoms with E-state index < -0.39 is 11.9 Å². The molecule has 8 nitrogen and oxygen atoms in total. The molecular formula is C22H31N5O3. The summed E-state index contributed by atoms with van der Waals surface area (Å²) in [5, 5.41) is 5.12. The van der Waals surface area contributed by atoms with E-state index in [-0.39, 0.29) is 18.2 Å². The Labute approximate surface area is 177 Å². The molecule has 1 unspecified atom stereocenters. The van der Waals surface area contributed by atoms with Crippen molar-refractivity contribution in [2.75, 3.05) is 29.4 Å². The summed E-state index contributed by atoms with van der Waals surface area (Å²) in [5.74, 6) is -1.09. The van der Waals surface area contributed by atoms with Crippen LogP contribution in [0.5, 0.6) is 0 Å². The van der Waals surface area contributed by atoms with Crippen LogP contribution in [0.25, 0.3) is 0 Å². The minimum atomic E-state index is -0.706. The van der Waals surface area contributed by atoms with Crippen molar-refractivity contribution in [2.24, 2.45) is 0 Å². The maximum atomic E-state index is 13.3. The maximum Gasteiger partial charge on any atom is 0.272 e. The van der Waals surface area contributed by atoms with Crippen molar-refractivity contribution in [1.29, 1.82) is 0 Å². The Morgan fingerprint density at radius 2 is 1.87 bits per heavy atom. The van der Waals surface area contributed by atoms with Crippen LogP contribution in [-0.2, 0) is 9.59 Å². The first-order chi connectivity index (χ1) is 14.5. The van der Waals surface area contributed by atoms with Crippen LogP contribution in [-0.4, -0.2) is 54.4 Å². The van der Waals surface area contributed by atoms with Crippen LogP contribution in [0.4, 0.5) is 11.4 Å². The highest BCUT2D eigenvalue weighted by Gasteiger charge is 2.32. The molecule has 30 heavy (non-hydrogen) atoms. The molecule has 0 radical (unpaired) electrons. The zero-order valence-electron chi connectivity index (χ0n) is 17.7. The molecule has 0 bridgehead atoms. The minimum Gasteiger partial charge on any atom is -0.370 e. The van der Waals surface area contributed by atoms with E-state index in [9.17, 15) is 14.4 Å². The summed E-state index contributed by atoms with van der Waals surface area (Å²) >= 11 is 0. The van der Waals surface area contributed by atoms with E-state index in [1.165, 1.54) is 12.8 Å². The Hall–Kier alpha value is -2.64. The molecule has 0 spiro atoms. The molecule has 3 fully saturated rings. The lowest BCUT2D eigenvalue weighted by atomic mass is 10.0. The quantitative estimate of drug-likeness (QED) is 0.733. The van der Waals surface area contributed by atoms with Crippen LogP contribution in [0.15, 0.2) is 12.3 Å². The summed E-state index contributed by atoms with van der Waals surface area (Å²) in [7, 11) is 0. The molecule has 2 atom stereocenters. The Kier molecular flexibility index (Phi) is 6.20. The minimum absolute atomic E-state index is 0.230. The Balaban J connectivity index is 1.66. The highest BCUT2D eigenvalue weighted by atomic mass is 16.2. The largest absolute Gasteiger partial charge is 0.370 e. The monoisotopic (exact) mass is 413 g/mol. The average molecular weight is 414 g/mol. The van der Waals surface area contributed by atoms with Crippen molar-refractivity contribution in [3.8, 4) is 0 Å². The van der Waals surface area contributed by atoms with Gasteiger partial charge >= 0.3 is 0 Å². The zero-order valence-corrected chi connectivity index (χ0v) is 17.7. The first-order valence-corrected chi connectivity index (χ1v) is 11.2. The van der Waals surface area contributed by atoms with Gasteiger partial charge in [-0.15, -0.1) is 0 Å². The third kappa shape index (κ3) is 4.27. The van der Waals surface area contributed by atoms with E-state index in [2.05, 4.69) is 32.3 Å². The predicted molar refractivity (Wildman–Crippen MR) is 115 cm³/mol. The summed E-state index contributed by atoms with van der Waals surface area (Å²) in [6, 6.07) is 1.64. The third-order valence-electron chi connectivity index (χ3n) is 6.45. The van der Waals surface area contributed by atoms with Gasteiger partial charge in [0.2, 0.25) is 11.8 Å². The molecule has 4 rings (SSSR count). The standard InChI is InChI=1S/C22H31N5O3/c1-15-7-3-6-14-27(15)20-17(26-12-4-2-5-13-26)10-11-23-19(20)22(30)24-16-8-9-18(28)25-21(16)29/h10-11,15-16H,2-9,12-14H2,1H3,(H,24,30)(H,25,28,29)/t15?,16-/m1/s1. The molecule has 3 amide bonds. The van der Waals surface area contributed by atoms with Gasteiger partial charge in [-0.25, -0.2) is 4.98 Å². The van der Waals surface area contributed by atoms with Gasteiger partial charge in [-0.3, -0.25) is 19.7 Å².